The number of pyridine rings is 1. The van der Waals surface area contributed by atoms with Gasteiger partial charge in [0.05, 0.1) is 11.2 Å². The van der Waals surface area contributed by atoms with Gasteiger partial charge in [-0.1, -0.05) is 54.1 Å². The average Bonchev–Trinajstić information content (AvgIpc) is 2.99. The predicted molar refractivity (Wildman–Crippen MR) is 126 cm³/mol. The van der Waals surface area contributed by atoms with Gasteiger partial charge in [-0.05, 0) is 61.9 Å². The minimum absolute atomic E-state index is 1.22. The minimum atomic E-state index is 1.22. The molecule has 0 unspecified atom stereocenters. The quantitative estimate of drug-likeness (QED) is 0.303. The molecule has 0 radical (unpaired) electrons. The fourth-order valence-electron chi connectivity index (χ4n) is 4.99. The van der Waals surface area contributed by atoms with Crippen LogP contribution in [0.15, 0.2) is 72.9 Å². The van der Waals surface area contributed by atoms with Crippen molar-refractivity contribution in [2.45, 2.75) is 27.7 Å². The van der Waals surface area contributed by atoms with E-state index in [0.29, 0.717) is 0 Å². The molecule has 5 aromatic rings. The lowest BCUT2D eigenvalue weighted by atomic mass is 10.0. The topological polar surface area (TPSA) is 8.81 Å². The van der Waals surface area contributed by atoms with Crippen LogP contribution < -0.4 is 4.57 Å². The fourth-order valence-corrected chi connectivity index (χ4v) is 4.99. The molecule has 5 rings (SSSR count). The molecule has 0 spiro atoms. The van der Waals surface area contributed by atoms with Crippen molar-refractivity contribution in [2.75, 3.05) is 0 Å². The molecular weight excluding hydrogens is 364 g/mol. The largest absolute Gasteiger partial charge is 0.303 e. The summed E-state index contributed by atoms with van der Waals surface area (Å²) >= 11 is 0. The number of para-hydroxylation sites is 1. The molecular formula is C28H27N2+. The molecule has 0 N–H and O–H groups in total. The van der Waals surface area contributed by atoms with E-state index in [1.165, 1.54) is 61.0 Å². The van der Waals surface area contributed by atoms with E-state index in [4.69, 9.17) is 0 Å². The number of benzene rings is 3. The molecule has 2 heteroatoms. The smallest absolute Gasteiger partial charge is 0.230 e. The highest BCUT2D eigenvalue weighted by molar-refractivity contribution is 5.94. The summed E-state index contributed by atoms with van der Waals surface area (Å²) in [5.74, 6) is 0. The molecule has 0 saturated carbocycles. The second kappa shape index (κ2) is 6.84. The molecule has 0 amide bonds. The van der Waals surface area contributed by atoms with Crippen LogP contribution in [0.4, 0.5) is 0 Å². The highest BCUT2D eigenvalue weighted by Gasteiger charge is 2.25. The summed E-state index contributed by atoms with van der Waals surface area (Å²) in [4.78, 5) is 0. The molecule has 3 aromatic carbocycles. The molecule has 0 aliphatic carbocycles. The van der Waals surface area contributed by atoms with Crippen LogP contribution in [-0.2, 0) is 7.05 Å². The second-order valence-corrected chi connectivity index (χ2v) is 8.47. The number of nitrogens with zero attached hydrogens (tertiary/aromatic N) is 2. The molecule has 2 heterocycles. The first-order valence-corrected chi connectivity index (χ1v) is 10.5. The van der Waals surface area contributed by atoms with Crippen molar-refractivity contribution in [2.24, 2.45) is 7.05 Å². The summed E-state index contributed by atoms with van der Waals surface area (Å²) < 4.78 is 4.73. The molecule has 30 heavy (non-hydrogen) atoms. The van der Waals surface area contributed by atoms with Crippen molar-refractivity contribution < 1.29 is 4.57 Å². The van der Waals surface area contributed by atoms with Crippen molar-refractivity contribution in [3.05, 3.63) is 95.2 Å². The van der Waals surface area contributed by atoms with E-state index in [1.54, 1.807) is 0 Å². The van der Waals surface area contributed by atoms with Crippen molar-refractivity contribution >= 4 is 21.7 Å². The van der Waals surface area contributed by atoms with E-state index in [0.717, 1.165) is 0 Å². The van der Waals surface area contributed by atoms with Gasteiger partial charge in [0.25, 0.3) is 0 Å². The lowest BCUT2D eigenvalue weighted by Crippen LogP contribution is -2.31. The second-order valence-electron chi connectivity index (χ2n) is 8.47. The van der Waals surface area contributed by atoms with Gasteiger partial charge in [-0.25, -0.2) is 0 Å². The molecule has 148 valence electrons. The number of rotatable bonds is 2. The van der Waals surface area contributed by atoms with Gasteiger partial charge in [0.2, 0.25) is 5.69 Å². The van der Waals surface area contributed by atoms with E-state index in [9.17, 15) is 0 Å². The lowest BCUT2D eigenvalue weighted by Gasteiger charge is -2.17. The number of fused-ring (bicyclic) bond motifs is 2. The Kier molecular flexibility index (Phi) is 4.25. The SMILES string of the molecule is Cc1cc(C)c(-n2c(-c3cc4ccccc4c[n+]3C)c(C)c3ccccc32)c(C)c1. The number of aryl methyl sites for hydroxylation is 5. The summed E-state index contributed by atoms with van der Waals surface area (Å²) in [7, 11) is 2.15. The Labute approximate surface area is 178 Å². The van der Waals surface area contributed by atoms with Crippen LogP contribution in [0.25, 0.3) is 38.8 Å². The normalized spacial score (nSPS) is 11.5. The van der Waals surface area contributed by atoms with Gasteiger partial charge in [-0.2, -0.15) is 4.57 Å². The molecule has 2 nitrogen and oxygen atoms in total. The highest BCUT2D eigenvalue weighted by Crippen LogP contribution is 2.37. The van der Waals surface area contributed by atoms with Gasteiger partial charge in [-0.3, -0.25) is 0 Å². The maximum Gasteiger partial charge on any atom is 0.230 e. The Morgan fingerprint density at radius 1 is 0.733 bits per heavy atom. The molecule has 2 aromatic heterocycles. The zero-order valence-corrected chi connectivity index (χ0v) is 18.3. The van der Waals surface area contributed by atoms with Crippen LogP contribution in [0.1, 0.15) is 22.3 Å². The summed E-state index contributed by atoms with van der Waals surface area (Å²) in [6.45, 7) is 8.88. The predicted octanol–water partition coefficient (Wildman–Crippen LogP) is 6.51. The zero-order chi connectivity index (χ0) is 21.0. The lowest BCUT2D eigenvalue weighted by molar-refractivity contribution is -0.659. The van der Waals surface area contributed by atoms with Crippen LogP contribution in [0.3, 0.4) is 0 Å². The number of aromatic nitrogens is 2. The Hall–Kier alpha value is -3.39. The van der Waals surface area contributed by atoms with E-state index >= 15 is 0 Å². The van der Waals surface area contributed by atoms with Crippen LogP contribution in [-0.4, -0.2) is 4.57 Å². The summed E-state index contributed by atoms with van der Waals surface area (Å²) in [6, 6.07) is 24.3. The molecule has 0 aliphatic heterocycles. The van der Waals surface area contributed by atoms with E-state index in [1.807, 2.05) is 0 Å². The van der Waals surface area contributed by atoms with Gasteiger partial charge in [0.1, 0.15) is 12.7 Å². The maximum atomic E-state index is 2.47. The average molecular weight is 392 g/mol. The Balaban J connectivity index is 1.95. The molecule has 0 fully saturated rings. The third kappa shape index (κ3) is 2.75. The summed E-state index contributed by atoms with van der Waals surface area (Å²) in [5, 5.41) is 3.82. The Bertz CT molecular complexity index is 1410. The summed E-state index contributed by atoms with van der Waals surface area (Å²) in [5.41, 5.74) is 10.3. The maximum absolute atomic E-state index is 2.47. The monoisotopic (exact) mass is 391 g/mol. The first kappa shape index (κ1) is 18.6. The third-order valence-corrected chi connectivity index (χ3v) is 6.23. The third-order valence-electron chi connectivity index (χ3n) is 6.23. The van der Waals surface area contributed by atoms with Crippen molar-refractivity contribution in [1.82, 2.24) is 4.57 Å². The van der Waals surface area contributed by atoms with Gasteiger partial charge < -0.3 is 4.57 Å². The first-order chi connectivity index (χ1) is 14.5. The van der Waals surface area contributed by atoms with Crippen LogP contribution in [0.5, 0.6) is 0 Å². The van der Waals surface area contributed by atoms with Crippen LogP contribution in [0, 0.1) is 27.7 Å². The summed E-state index contributed by atoms with van der Waals surface area (Å²) in [6.07, 6.45) is 2.24. The molecule has 0 atom stereocenters. The van der Waals surface area contributed by atoms with Crippen molar-refractivity contribution in [3.63, 3.8) is 0 Å². The highest BCUT2D eigenvalue weighted by atomic mass is 15.0. The van der Waals surface area contributed by atoms with Gasteiger partial charge in [-0.15, -0.1) is 0 Å². The number of hydrogen-bond acceptors (Lipinski definition) is 0. The minimum Gasteiger partial charge on any atom is -0.303 e. The van der Waals surface area contributed by atoms with E-state index in [-0.39, 0.29) is 0 Å². The Morgan fingerprint density at radius 3 is 2.10 bits per heavy atom. The number of hydrogen-bond donors (Lipinski definition) is 0. The van der Waals surface area contributed by atoms with E-state index in [2.05, 4.69) is 117 Å². The Morgan fingerprint density at radius 2 is 1.37 bits per heavy atom. The molecule has 0 bridgehead atoms. The van der Waals surface area contributed by atoms with Crippen LogP contribution in [0.2, 0.25) is 0 Å². The molecule has 0 aliphatic rings. The van der Waals surface area contributed by atoms with Gasteiger partial charge in [0, 0.05) is 16.8 Å². The van der Waals surface area contributed by atoms with Crippen molar-refractivity contribution in [1.29, 1.82) is 0 Å². The van der Waals surface area contributed by atoms with Crippen LogP contribution >= 0.6 is 0 Å². The standard InChI is InChI=1S/C28H27N2/c1-18-14-19(2)27(20(3)15-18)30-25-13-9-8-12-24(25)21(4)28(30)26-16-22-10-6-7-11-23(22)17-29(26)5/h6-17H,1-5H3/q+1. The van der Waals surface area contributed by atoms with Gasteiger partial charge >= 0.3 is 0 Å². The first-order valence-electron chi connectivity index (χ1n) is 10.5. The van der Waals surface area contributed by atoms with Gasteiger partial charge in [0.15, 0.2) is 6.20 Å². The van der Waals surface area contributed by atoms with E-state index < -0.39 is 0 Å². The molecule has 0 saturated heterocycles. The fraction of sp³-hybridized carbons (Fsp3) is 0.179. The zero-order valence-electron chi connectivity index (χ0n) is 18.3. The van der Waals surface area contributed by atoms with Crippen molar-refractivity contribution in [3.8, 4) is 17.1 Å².